The average molecular weight is 205 g/mol. The SMILES string of the molecule is C=CCN(C)c1nc(C)cc(C)c1CN. The third-order valence-corrected chi connectivity index (χ3v) is 2.42. The van der Waals surface area contributed by atoms with Crippen molar-refractivity contribution < 1.29 is 0 Å². The van der Waals surface area contributed by atoms with Gasteiger partial charge in [0.05, 0.1) is 0 Å². The van der Waals surface area contributed by atoms with Gasteiger partial charge >= 0.3 is 0 Å². The average Bonchev–Trinajstić information content (AvgIpc) is 2.17. The van der Waals surface area contributed by atoms with Crippen LogP contribution < -0.4 is 10.6 Å². The van der Waals surface area contributed by atoms with Crippen molar-refractivity contribution >= 4 is 5.82 Å². The van der Waals surface area contributed by atoms with Gasteiger partial charge in [-0.1, -0.05) is 6.08 Å². The molecule has 1 aromatic rings. The van der Waals surface area contributed by atoms with Crippen molar-refractivity contribution in [3.8, 4) is 0 Å². The lowest BCUT2D eigenvalue weighted by atomic mass is 10.1. The summed E-state index contributed by atoms with van der Waals surface area (Å²) < 4.78 is 0. The number of hydrogen-bond acceptors (Lipinski definition) is 3. The molecule has 0 atom stereocenters. The van der Waals surface area contributed by atoms with Crippen molar-refractivity contribution in [3.05, 3.63) is 35.5 Å². The highest BCUT2D eigenvalue weighted by Crippen LogP contribution is 2.20. The summed E-state index contributed by atoms with van der Waals surface area (Å²) >= 11 is 0. The number of hydrogen-bond donors (Lipinski definition) is 1. The van der Waals surface area contributed by atoms with Gasteiger partial charge in [-0.25, -0.2) is 4.98 Å². The summed E-state index contributed by atoms with van der Waals surface area (Å²) in [5, 5.41) is 0. The molecule has 0 unspecified atom stereocenters. The van der Waals surface area contributed by atoms with Crippen LogP contribution in [0.15, 0.2) is 18.7 Å². The molecule has 0 fully saturated rings. The third kappa shape index (κ3) is 2.57. The number of anilines is 1. The van der Waals surface area contributed by atoms with Crippen molar-refractivity contribution in [3.63, 3.8) is 0 Å². The number of nitrogens with zero attached hydrogens (tertiary/aromatic N) is 2. The van der Waals surface area contributed by atoms with Gasteiger partial charge in [0.15, 0.2) is 0 Å². The maximum atomic E-state index is 5.74. The van der Waals surface area contributed by atoms with Crippen molar-refractivity contribution in [1.82, 2.24) is 4.98 Å². The Morgan fingerprint density at radius 2 is 2.20 bits per heavy atom. The Balaban J connectivity index is 3.19. The molecule has 82 valence electrons. The molecule has 15 heavy (non-hydrogen) atoms. The van der Waals surface area contributed by atoms with Crippen molar-refractivity contribution in [2.75, 3.05) is 18.5 Å². The van der Waals surface area contributed by atoms with Crippen LogP contribution in [-0.4, -0.2) is 18.6 Å². The second-order valence-electron chi connectivity index (χ2n) is 3.76. The van der Waals surface area contributed by atoms with E-state index >= 15 is 0 Å². The Bertz CT molecular complexity index is 358. The zero-order valence-electron chi connectivity index (χ0n) is 9.75. The van der Waals surface area contributed by atoms with E-state index in [1.165, 1.54) is 5.56 Å². The van der Waals surface area contributed by atoms with Crippen LogP contribution in [0.1, 0.15) is 16.8 Å². The fourth-order valence-corrected chi connectivity index (χ4v) is 1.69. The lowest BCUT2D eigenvalue weighted by Gasteiger charge is -2.21. The molecule has 0 aliphatic heterocycles. The minimum atomic E-state index is 0.524. The molecule has 0 radical (unpaired) electrons. The van der Waals surface area contributed by atoms with E-state index in [0.29, 0.717) is 6.54 Å². The van der Waals surface area contributed by atoms with E-state index in [0.717, 1.165) is 23.6 Å². The Hall–Kier alpha value is -1.35. The lowest BCUT2D eigenvalue weighted by molar-refractivity contribution is 0.924. The summed E-state index contributed by atoms with van der Waals surface area (Å²) in [6.07, 6.45) is 1.86. The predicted molar refractivity (Wildman–Crippen MR) is 65.1 cm³/mol. The molecule has 3 nitrogen and oxygen atoms in total. The molecule has 2 N–H and O–H groups in total. The number of nitrogens with two attached hydrogens (primary N) is 1. The smallest absolute Gasteiger partial charge is 0.133 e. The predicted octanol–water partition coefficient (Wildman–Crippen LogP) is 1.78. The van der Waals surface area contributed by atoms with Gasteiger partial charge < -0.3 is 10.6 Å². The largest absolute Gasteiger partial charge is 0.356 e. The van der Waals surface area contributed by atoms with E-state index in [-0.39, 0.29) is 0 Å². The zero-order chi connectivity index (χ0) is 11.4. The lowest BCUT2D eigenvalue weighted by Crippen LogP contribution is -2.21. The standard InChI is InChI=1S/C12H19N3/c1-5-6-15(4)12-11(8-13)9(2)7-10(3)14-12/h5,7H,1,6,8,13H2,2-4H3. The highest BCUT2D eigenvalue weighted by molar-refractivity contribution is 5.51. The topological polar surface area (TPSA) is 42.2 Å². The monoisotopic (exact) mass is 205 g/mol. The van der Waals surface area contributed by atoms with Crippen LogP contribution >= 0.6 is 0 Å². The second kappa shape index (κ2) is 4.94. The molecule has 0 spiro atoms. The van der Waals surface area contributed by atoms with Crippen molar-refractivity contribution in [1.29, 1.82) is 0 Å². The highest BCUT2D eigenvalue weighted by Gasteiger charge is 2.10. The first kappa shape index (κ1) is 11.7. The summed E-state index contributed by atoms with van der Waals surface area (Å²) in [5.41, 5.74) is 9.09. The van der Waals surface area contributed by atoms with Gasteiger partial charge in [-0.15, -0.1) is 6.58 Å². The maximum Gasteiger partial charge on any atom is 0.133 e. The fourth-order valence-electron chi connectivity index (χ4n) is 1.69. The Kier molecular flexibility index (Phi) is 3.86. The first-order valence-electron chi connectivity index (χ1n) is 5.09. The van der Waals surface area contributed by atoms with Crippen LogP contribution in [0.25, 0.3) is 0 Å². The third-order valence-electron chi connectivity index (χ3n) is 2.42. The normalized spacial score (nSPS) is 10.1. The summed E-state index contributed by atoms with van der Waals surface area (Å²) in [5.74, 6) is 0.968. The van der Waals surface area contributed by atoms with Crippen LogP contribution in [0.5, 0.6) is 0 Å². The van der Waals surface area contributed by atoms with Gasteiger partial charge in [0.2, 0.25) is 0 Å². The molecule has 0 aliphatic carbocycles. The quantitative estimate of drug-likeness (QED) is 0.762. The Labute approximate surface area is 91.6 Å². The number of aromatic nitrogens is 1. The van der Waals surface area contributed by atoms with Gasteiger partial charge in [-0.3, -0.25) is 0 Å². The van der Waals surface area contributed by atoms with Gasteiger partial charge in [0.1, 0.15) is 5.82 Å². The number of pyridine rings is 1. The molecular weight excluding hydrogens is 186 g/mol. The summed E-state index contributed by atoms with van der Waals surface area (Å²) in [7, 11) is 2.00. The zero-order valence-corrected chi connectivity index (χ0v) is 9.75. The highest BCUT2D eigenvalue weighted by atomic mass is 15.2. The molecular formula is C12H19N3. The van der Waals surface area contributed by atoms with Crippen molar-refractivity contribution in [2.45, 2.75) is 20.4 Å². The molecule has 1 rings (SSSR count). The summed E-state index contributed by atoms with van der Waals surface area (Å²) in [6.45, 7) is 9.10. The van der Waals surface area contributed by atoms with E-state index in [1.54, 1.807) is 0 Å². The van der Waals surface area contributed by atoms with Crippen LogP contribution in [0, 0.1) is 13.8 Å². The number of rotatable bonds is 4. The van der Waals surface area contributed by atoms with Crippen LogP contribution in [0.4, 0.5) is 5.82 Å². The van der Waals surface area contributed by atoms with Crippen LogP contribution in [0.2, 0.25) is 0 Å². The van der Waals surface area contributed by atoms with Gasteiger partial charge in [0, 0.05) is 31.4 Å². The van der Waals surface area contributed by atoms with E-state index in [4.69, 9.17) is 5.73 Å². The van der Waals surface area contributed by atoms with Gasteiger partial charge in [-0.2, -0.15) is 0 Å². The van der Waals surface area contributed by atoms with E-state index < -0.39 is 0 Å². The maximum absolute atomic E-state index is 5.74. The van der Waals surface area contributed by atoms with E-state index in [2.05, 4.69) is 29.5 Å². The first-order valence-corrected chi connectivity index (χ1v) is 5.09. The molecule has 3 heteroatoms. The van der Waals surface area contributed by atoms with Crippen LogP contribution in [0.3, 0.4) is 0 Å². The van der Waals surface area contributed by atoms with Crippen molar-refractivity contribution in [2.24, 2.45) is 5.73 Å². The van der Waals surface area contributed by atoms with Crippen LogP contribution in [-0.2, 0) is 6.54 Å². The molecule has 0 saturated carbocycles. The van der Waals surface area contributed by atoms with E-state index in [1.807, 2.05) is 20.0 Å². The molecule has 0 aliphatic rings. The molecule has 1 heterocycles. The minimum absolute atomic E-state index is 0.524. The molecule has 0 bridgehead atoms. The Morgan fingerprint density at radius 1 is 1.53 bits per heavy atom. The van der Waals surface area contributed by atoms with Gasteiger partial charge in [-0.05, 0) is 25.5 Å². The number of likely N-dealkylation sites (N-methyl/N-ethyl adjacent to an activating group) is 1. The molecule has 0 saturated heterocycles. The fraction of sp³-hybridized carbons (Fsp3) is 0.417. The minimum Gasteiger partial charge on any atom is -0.356 e. The Morgan fingerprint density at radius 3 is 2.73 bits per heavy atom. The summed E-state index contributed by atoms with van der Waals surface area (Å²) in [6, 6.07) is 2.06. The second-order valence-corrected chi connectivity index (χ2v) is 3.76. The molecule has 1 aromatic heterocycles. The first-order chi connectivity index (χ1) is 7.10. The molecule has 0 aromatic carbocycles. The summed E-state index contributed by atoms with van der Waals surface area (Å²) in [4.78, 5) is 6.59. The molecule has 0 amide bonds. The van der Waals surface area contributed by atoms with E-state index in [9.17, 15) is 0 Å². The van der Waals surface area contributed by atoms with Gasteiger partial charge in [0.25, 0.3) is 0 Å². The number of aryl methyl sites for hydroxylation is 2.